The molecule has 0 spiro atoms. The van der Waals surface area contributed by atoms with Gasteiger partial charge in [-0.3, -0.25) is 13.9 Å². The van der Waals surface area contributed by atoms with E-state index in [2.05, 4.69) is 10.3 Å². The van der Waals surface area contributed by atoms with Gasteiger partial charge in [0, 0.05) is 19.0 Å². The fourth-order valence-electron chi connectivity index (χ4n) is 2.54. The van der Waals surface area contributed by atoms with E-state index < -0.39 is 0 Å². The van der Waals surface area contributed by atoms with Crippen LogP contribution in [-0.4, -0.2) is 20.0 Å². The second kappa shape index (κ2) is 5.66. The topological polar surface area (TPSA) is 68.9 Å². The van der Waals surface area contributed by atoms with E-state index in [1.54, 1.807) is 23.2 Å². The van der Waals surface area contributed by atoms with Crippen LogP contribution < -0.4 is 11.0 Å². The SMILES string of the molecule is Cc1nc(NC(=O)Cc2ccc3c(c2)n(C)c(=O)n3C)sc1C. The first kappa shape index (κ1) is 15.5. The molecular formula is C16H18N4O2S. The van der Waals surface area contributed by atoms with Gasteiger partial charge in [-0.25, -0.2) is 9.78 Å². The predicted molar refractivity (Wildman–Crippen MR) is 92.1 cm³/mol. The first-order chi connectivity index (χ1) is 10.9. The standard InChI is InChI=1S/C16H18N4O2S/c1-9-10(2)23-15(17-9)18-14(21)8-11-5-6-12-13(7-11)20(4)16(22)19(12)3/h5-7H,8H2,1-4H3,(H,17,18,21). The Kier molecular flexibility index (Phi) is 3.81. The van der Waals surface area contributed by atoms with Gasteiger partial charge in [-0.15, -0.1) is 11.3 Å². The molecule has 3 aromatic rings. The third-order valence-electron chi connectivity index (χ3n) is 3.98. The van der Waals surface area contributed by atoms with Gasteiger partial charge in [0.1, 0.15) is 0 Å². The number of carbonyl (C=O) groups is 1. The minimum Gasteiger partial charge on any atom is -0.302 e. The molecule has 0 fully saturated rings. The molecule has 0 radical (unpaired) electrons. The van der Waals surface area contributed by atoms with Crippen LogP contribution in [0.15, 0.2) is 23.0 Å². The molecule has 0 bridgehead atoms. The predicted octanol–water partition coefficient (Wildman–Crippen LogP) is 2.13. The summed E-state index contributed by atoms with van der Waals surface area (Å²) in [5.41, 5.74) is 3.40. The summed E-state index contributed by atoms with van der Waals surface area (Å²) in [4.78, 5) is 29.5. The van der Waals surface area contributed by atoms with E-state index >= 15 is 0 Å². The number of thiazole rings is 1. The monoisotopic (exact) mass is 330 g/mol. The second-order valence-corrected chi connectivity index (χ2v) is 6.81. The van der Waals surface area contributed by atoms with Crippen LogP contribution in [0, 0.1) is 13.8 Å². The van der Waals surface area contributed by atoms with Crippen molar-refractivity contribution >= 4 is 33.4 Å². The molecule has 0 saturated carbocycles. The zero-order chi connectivity index (χ0) is 16.7. The molecule has 0 aliphatic rings. The zero-order valence-electron chi connectivity index (χ0n) is 13.5. The van der Waals surface area contributed by atoms with Crippen molar-refractivity contribution in [2.24, 2.45) is 14.1 Å². The number of nitrogens with zero attached hydrogens (tertiary/aromatic N) is 3. The summed E-state index contributed by atoms with van der Waals surface area (Å²) >= 11 is 1.47. The highest BCUT2D eigenvalue weighted by Crippen LogP contribution is 2.21. The molecule has 3 rings (SSSR count). The fourth-order valence-corrected chi connectivity index (χ4v) is 3.37. The Morgan fingerprint density at radius 2 is 1.91 bits per heavy atom. The number of carbonyl (C=O) groups excluding carboxylic acids is 1. The number of benzene rings is 1. The molecule has 0 saturated heterocycles. The molecule has 1 aromatic carbocycles. The van der Waals surface area contributed by atoms with Gasteiger partial charge in [0.25, 0.3) is 0 Å². The number of aryl methyl sites for hydroxylation is 4. The number of fused-ring (bicyclic) bond motifs is 1. The number of nitrogens with one attached hydrogen (secondary N) is 1. The number of hydrogen-bond acceptors (Lipinski definition) is 4. The summed E-state index contributed by atoms with van der Waals surface area (Å²) in [5, 5.41) is 3.45. The Hall–Kier alpha value is -2.41. The molecule has 1 amide bonds. The smallest absolute Gasteiger partial charge is 0.302 e. The second-order valence-electron chi connectivity index (χ2n) is 5.61. The molecule has 0 unspecified atom stereocenters. The summed E-state index contributed by atoms with van der Waals surface area (Å²) < 4.78 is 3.19. The molecular weight excluding hydrogens is 312 g/mol. The molecule has 2 aromatic heterocycles. The van der Waals surface area contributed by atoms with Crippen molar-refractivity contribution in [3.05, 3.63) is 44.8 Å². The highest BCUT2D eigenvalue weighted by atomic mass is 32.1. The maximum atomic E-state index is 12.2. The number of aromatic nitrogens is 3. The average Bonchev–Trinajstić information content (AvgIpc) is 2.92. The lowest BCUT2D eigenvalue weighted by Gasteiger charge is -2.03. The third-order valence-corrected chi connectivity index (χ3v) is 4.96. The maximum Gasteiger partial charge on any atom is 0.328 e. The zero-order valence-corrected chi connectivity index (χ0v) is 14.3. The normalized spacial score (nSPS) is 11.1. The van der Waals surface area contributed by atoms with Gasteiger partial charge in [0.2, 0.25) is 5.91 Å². The van der Waals surface area contributed by atoms with E-state index in [1.165, 1.54) is 11.3 Å². The van der Waals surface area contributed by atoms with Gasteiger partial charge in [0.05, 0.1) is 23.1 Å². The Balaban J connectivity index is 1.82. The van der Waals surface area contributed by atoms with Gasteiger partial charge in [-0.1, -0.05) is 6.07 Å². The summed E-state index contributed by atoms with van der Waals surface area (Å²) in [6, 6.07) is 5.63. The van der Waals surface area contributed by atoms with Crippen LogP contribution in [0.5, 0.6) is 0 Å². The first-order valence-corrected chi connectivity index (χ1v) is 8.06. The molecule has 2 heterocycles. The van der Waals surface area contributed by atoms with Crippen molar-refractivity contribution in [3.8, 4) is 0 Å². The Bertz CT molecular complexity index is 945. The molecule has 120 valence electrons. The van der Waals surface area contributed by atoms with Crippen molar-refractivity contribution in [2.75, 3.05) is 5.32 Å². The third kappa shape index (κ3) is 2.79. The van der Waals surface area contributed by atoms with E-state index in [9.17, 15) is 9.59 Å². The van der Waals surface area contributed by atoms with Crippen LogP contribution in [0.1, 0.15) is 16.1 Å². The number of hydrogen-bond donors (Lipinski definition) is 1. The number of rotatable bonds is 3. The molecule has 0 aliphatic carbocycles. The van der Waals surface area contributed by atoms with Crippen LogP contribution in [0.3, 0.4) is 0 Å². The van der Waals surface area contributed by atoms with Gasteiger partial charge in [-0.05, 0) is 31.5 Å². The van der Waals surface area contributed by atoms with Crippen molar-refractivity contribution in [1.29, 1.82) is 0 Å². The lowest BCUT2D eigenvalue weighted by Crippen LogP contribution is -2.19. The van der Waals surface area contributed by atoms with E-state index in [0.717, 1.165) is 27.2 Å². The maximum absolute atomic E-state index is 12.2. The quantitative estimate of drug-likeness (QED) is 0.800. The van der Waals surface area contributed by atoms with Crippen molar-refractivity contribution < 1.29 is 4.79 Å². The Labute approximate surface area is 137 Å². The number of imidazole rings is 1. The molecule has 1 N–H and O–H groups in total. The van der Waals surface area contributed by atoms with Crippen LogP contribution in [-0.2, 0) is 25.3 Å². The van der Waals surface area contributed by atoms with Crippen LogP contribution in [0.2, 0.25) is 0 Å². The van der Waals surface area contributed by atoms with Gasteiger partial charge in [0.15, 0.2) is 5.13 Å². The Morgan fingerprint density at radius 3 is 2.57 bits per heavy atom. The van der Waals surface area contributed by atoms with Crippen LogP contribution in [0.4, 0.5) is 5.13 Å². The minimum atomic E-state index is -0.112. The average molecular weight is 330 g/mol. The summed E-state index contributed by atoms with van der Waals surface area (Å²) in [6.07, 6.45) is 0.247. The van der Waals surface area contributed by atoms with E-state index in [0.29, 0.717) is 5.13 Å². The summed E-state index contributed by atoms with van der Waals surface area (Å²) in [7, 11) is 3.47. The molecule has 23 heavy (non-hydrogen) atoms. The van der Waals surface area contributed by atoms with E-state index in [1.807, 2.05) is 32.0 Å². The highest BCUT2D eigenvalue weighted by molar-refractivity contribution is 7.15. The molecule has 0 atom stereocenters. The van der Waals surface area contributed by atoms with Crippen LogP contribution >= 0.6 is 11.3 Å². The highest BCUT2D eigenvalue weighted by Gasteiger charge is 2.12. The molecule has 7 heteroatoms. The largest absolute Gasteiger partial charge is 0.328 e. The molecule has 6 nitrogen and oxygen atoms in total. The Morgan fingerprint density at radius 1 is 1.22 bits per heavy atom. The van der Waals surface area contributed by atoms with Crippen molar-refractivity contribution in [1.82, 2.24) is 14.1 Å². The fraction of sp³-hybridized carbons (Fsp3) is 0.312. The number of anilines is 1. The van der Waals surface area contributed by atoms with Gasteiger partial charge < -0.3 is 5.32 Å². The minimum absolute atomic E-state index is 0.0738. The van der Waals surface area contributed by atoms with Gasteiger partial charge >= 0.3 is 5.69 Å². The lowest BCUT2D eigenvalue weighted by atomic mass is 10.1. The number of amides is 1. The molecule has 0 aliphatic heterocycles. The van der Waals surface area contributed by atoms with Crippen molar-refractivity contribution in [3.63, 3.8) is 0 Å². The van der Waals surface area contributed by atoms with E-state index in [-0.39, 0.29) is 18.0 Å². The summed E-state index contributed by atoms with van der Waals surface area (Å²) in [6.45, 7) is 3.90. The summed E-state index contributed by atoms with van der Waals surface area (Å²) in [5.74, 6) is -0.112. The lowest BCUT2D eigenvalue weighted by molar-refractivity contribution is -0.115. The van der Waals surface area contributed by atoms with Crippen LogP contribution in [0.25, 0.3) is 11.0 Å². The van der Waals surface area contributed by atoms with E-state index in [4.69, 9.17) is 0 Å². The first-order valence-electron chi connectivity index (χ1n) is 7.25. The van der Waals surface area contributed by atoms with Crippen molar-refractivity contribution in [2.45, 2.75) is 20.3 Å². The van der Waals surface area contributed by atoms with Gasteiger partial charge in [-0.2, -0.15) is 0 Å².